The molecule has 0 amide bonds. The van der Waals surface area contributed by atoms with Gasteiger partial charge in [-0.25, -0.2) is 22.8 Å². The Kier molecular flexibility index (Phi) is 8.45. The number of benzene rings is 1. The van der Waals surface area contributed by atoms with Crippen molar-refractivity contribution in [2.24, 2.45) is 0 Å². The van der Waals surface area contributed by atoms with Gasteiger partial charge in [0.2, 0.25) is 15.9 Å². The average Bonchev–Trinajstić information content (AvgIpc) is 2.85. The molecule has 0 aliphatic heterocycles. The lowest BCUT2D eigenvalue weighted by Crippen LogP contribution is -2.31. The molecule has 0 radical (unpaired) electrons. The summed E-state index contributed by atoms with van der Waals surface area (Å²) in [5.41, 5.74) is -1.26. The Morgan fingerprint density at radius 1 is 1.17 bits per heavy atom. The second-order valence-electron chi connectivity index (χ2n) is 8.03. The van der Waals surface area contributed by atoms with Crippen LogP contribution in [0.4, 0.5) is 10.1 Å². The maximum Gasteiger partial charge on any atom is 0.286 e. The molecule has 3 rings (SSSR count). The third kappa shape index (κ3) is 5.90. The van der Waals surface area contributed by atoms with Crippen molar-refractivity contribution in [3.05, 3.63) is 58.4 Å². The van der Waals surface area contributed by atoms with Gasteiger partial charge in [-0.2, -0.15) is 4.98 Å². The minimum atomic E-state index is -4.20. The van der Waals surface area contributed by atoms with Crippen molar-refractivity contribution in [1.82, 2.24) is 19.5 Å². The number of sulfonamides is 1. The summed E-state index contributed by atoms with van der Waals surface area (Å²) in [5.74, 6) is -1.79. The molecule has 0 fully saturated rings. The lowest BCUT2D eigenvalue weighted by molar-refractivity contribution is 0.388. The number of rotatable bonds is 11. The number of nitrogens with one attached hydrogen (secondary N) is 1. The van der Waals surface area contributed by atoms with Gasteiger partial charge in [-0.1, -0.05) is 26.3 Å². The smallest absolute Gasteiger partial charge is 0.286 e. The van der Waals surface area contributed by atoms with Crippen LogP contribution >= 0.6 is 0 Å². The first kappa shape index (κ1) is 26.9. The molecule has 13 heteroatoms. The highest BCUT2D eigenvalue weighted by molar-refractivity contribution is 7.92. The topological polar surface area (TPSA) is 146 Å². The molecule has 0 bridgehead atoms. The Hall–Kier alpha value is -3.74. The summed E-state index contributed by atoms with van der Waals surface area (Å²) in [5, 5.41) is 10.6. The van der Waals surface area contributed by atoms with E-state index in [1.54, 1.807) is 18.2 Å². The number of hydrogen-bond donors (Lipinski definition) is 2. The number of methoxy groups -OCH3 is 2. The highest BCUT2D eigenvalue weighted by Gasteiger charge is 2.27. The molecule has 1 atom stereocenters. The third-order valence-corrected chi connectivity index (χ3v) is 6.78. The molecule has 2 heterocycles. The van der Waals surface area contributed by atoms with Gasteiger partial charge in [-0.3, -0.25) is 14.1 Å². The van der Waals surface area contributed by atoms with E-state index in [1.165, 1.54) is 25.7 Å². The van der Waals surface area contributed by atoms with E-state index in [0.29, 0.717) is 12.8 Å². The van der Waals surface area contributed by atoms with Gasteiger partial charge in [0, 0.05) is 12.3 Å². The van der Waals surface area contributed by atoms with Gasteiger partial charge in [-0.15, -0.1) is 0 Å². The number of aryl methyl sites for hydroxylation is 1. The standard InChI is InChI=1S/C23H28FN5O6S/c1-5-6-10-18-27-22(30)19(23(31)29(18)20-16(34-3)8-7-9-17(20)35-4)28-36(32,33)13-14(2)21-25-11-15(24)12-26-21/h7-9,11-12,14,28,30H,5-6,10,13H2,1-4H3/t14-/m1/s1. The number of halogens is 1. The molecule has 3 aromatic rings. The van der Waals surface area contributed by atoms with Gasteiger partial charge in [0.05, 0.1) is 32.4 Å². The van der Waals surface area contributed by atoms with Crippen molar-refractivity contribution in [2.45, 2.75) is 39.0 Å². The largest absolute Gasteiger partial charge is 0.494 e. The predicted octanol–water partition coefficient (Wildman–Crippen LogP) is 2.77. The van der Waals surface area contributed by atoms with Crippen molar-refractivity contribution in [3.63, 3.8) is 0 Å². The number of nitrogens with zero attached hydrogens (tertiary/aromatic N) is 4. The van der Waals surface area contributed by atoms with Crippen LogP contribution in [0, 0.1) is 5.82 Å². The second kappa shape index (κ2) is 11.3. The maximum absolute atomic E-state index is 13.6. The first-order valence-electron chi connectivity index (χ1n) is 11.2. The summed E-state index contributed by atoms with van der Waals surface area (Å²) < 4.78 is 53.2. The monoisotopic (exact) mass is 521 g/mol. The van der Waals surface area contributed by atoms with E-state index in [0.717, 1.165) is 18.8 Å². The minimum Gasteiger partial charge on any atom is -0.494 e. The number of aromatic nitrogens is 4. The first-order valence-corrected chi connectivity index (χ1v) is 12.8. The summed E-state index contributed by atoms with van der Waals surface area (Å²) in [6, 6.07) is 4.91. The summed E-state index contributed by atoms with van der Waals surface area (Å²) >= 11 is 0. The molecular weight excluding hydrogens is 493 g/mol. The van der Waals surface area contributed by atoms with Gasteiger partial charge < -0.3 is 14.6 Å². The molecule has 0 aliphatic rings. The molecule has 0 saturated carbocycles. The predicted molar refractivity (Wildman–Crippen MR) is 131 cm³/mol. The molecular formula is C23H28FN5O6S. The Bertz CT molecular complexity index is 1360. The van der Waals surface area contributed by atoms with Crippen LogP contribution in [0.2, 0.25) is 0 Å². The van der Waals surface area contributed by atoms with E-state index in [4.69, 9.17) is 9.47 Å². The van der Waals surface area contributed by atoms with Crippen LogP contribution in [0.5, 0.6) is 17.4 Å². The van der Waals surface area contributed by atoms with E-state index in [-0.39, 0.29) is 28.8 Å². The minimum absolute atomic E-state index is 0.107. The Morgan fingerprint density at radius 2 is 1.78 bits per heavy atom. The van der Waals surface area contributed by atoms with Crippen LogP contribution in [0.25, 0.3) is 5.69 Å². The van der Waals surface area contributed by atoms with Crippen LogP contribution in [0.15, 0.2) is 35.4 Å². The zero-order chi connectivity index (χ0) is 26.5. The molecule has 1 aromatic carbocycles. The van der Waals surface area contributed by atoms with Crippen molar-refractivity contribution in [2.75, 3.05) is 24.7 Å². The van der Waals surface area contributed by atoms with E-state index in [9.17, 15) is 22.7 Å². The van der Waals surface area contributed by atoms with Gasteiger partial charge in [0.15, 0.2) is 11.5 Å². The van der Waals surface area contributed by atoms with E-state index >= 15 is 0 Å². The van der Waals surface area contributed by atoms with E-state index in [2.05, 4.69) is 19.7 Å². The fourth-order valence-electron chi connectivity index (χ4n) is 3.60. The van der Waals surface area contributed by atoms with Gasteiger partial charge in [-0.05, 0) is 18.6 Å². The number of unbranched alkanes of at least 4 members (excludes halogenated alkanes) is 1. The Labute approximate surface area is 208 Å². The fourth-order valence-corrected chi connectivity index (χ4v) is 4.99. The number of hydrogen-bond acceptors (Lipinski definition) is 9. The normalized spacial score (nSPS) is 12.2. The zero-order valence-corrected chi connectivity index (χ0v) is 21.2. The first-order chi connectivity index (χ1) is 17.1. The molecule has 0 saturated heterocycles. The van der Waals surface area contributed by atoms with Crippen LogP contribution < -0.4 is 19.8 Å². The fraction of sp³-hybridized carbons (Fsp3) is 0.391. The van der Waals surface area contributed by atoms with Gasteiger partial charge >= 0.3 is 0 Å². The number of aromatic hydroxyl groups is 1. The third-order valence-electron chi connectivity index (χ3n) is 5.32. The number of para-hydroxylation sites is 1. The lowest BCUT2D eigenvalue weighted by Gasteiger charge is -2.20. The number of ether oxygens (including phenoxy) is 2. The van der Waals surface area contributed by atoms with Crippen LogP contribution in [-0.4, -0.2) is 53.0 Å². The van der Waals surface area contributed by atoms with E-state index < -0.39 is 44.6 Å². The summed E-state index contributed by atoms with van der Waals surface area (Å²) in [6.07, 6.45) is 3.64. The SMILES string of the molecule is CCCCc1nc(O)c(NS(=O)(=O)C[C@@H](C)c2ncc(F)cn2)c(=O)n1-c1c(OC)cccc1OC. The quantitative estimate of drug-likeness (QED) is 0.389. The molecule has 194 valence electrons. The molecule has 2 N–H and O–H groups in total. The molecule has 36 heavy (non-hydrogen) atoms. The maximum atomic E-state index is 13.6. The van der Waals surface area contributed by atoms with Crippen molar-refractivity contribution in [3.8, 4) is 23.1 Å². The second-order valence-corrected chi connectivity index (χ2v) is 9.79. The molecule has 2 aromatic heterocycles. The highest BCUT2D eigenvalue weighted by atomic mass is 32.2. The van der Waals surface area contributed by atoms with Crippen LogP contribution in [-0.2, 0) is 16.4 Å². The van der Waals surface area contributed by atoms with Crippen molar-refractivity contribution in [1.29, 1.82) is 0 Å². The van der Waals surface area contributed by atoms with Gasteiger partial charge in [0.1, 0.15) is 28.8 Å². The Balaban J connectivity index is 2.10. The van der Waals surface area contributed by atoms with Crippen LogP contribution in [0.3, 0.4) is 0 Å². The van der Waals surface area contributed by atoms with Crippen molar-refractivity contribution >= 4 is 15.7 Å². The van der Waals surface area contributed by atoms with Crippen LogP contribution in [0.1, 0.15) is 44.3 Å². The highest BCUT2D eigenvalue weighted by Crippen LogP contribution is 2.33. The lowest BCUT2D eigenvalue weighted by atomic mass is 10.2. The summed E-state index contributed by atoms with van der Waals surface area (Å²) in [4.78, 5) is 25.4. The summed E-state index contributed by atoms with van der Waals surface area (Å²) in [6.45, 7) is 3.50. The number of anilines is 1. The molecule has 0 spiro atoms. The molecule has 11 nitrogen and oxygen atoms in total. The summed E-state index contributed by atoms with van der Waals surface area (Å²) in [7, 11) is -1.35. The van der Waals surface area contributed by atoms with E-state index in [1.807, 2.05) is 6.92 Å². The van der Waals surface area contributed by atoms with Crippen molar-refractivity contribution < 1.29 is 27.4 Å². The Morgan fingerprint density at radius 3 is 2.33 bits per heavy atom. The zero-order valence-electron chi connectivity index (χ0n) is 20.4. The molecule has 0 unspecified atom stereocenters. The van der Waals surface area contributed by atoms with Gasteiger partial charge in [0.25, 0.3) is 5.56 Å². The molecule has 0 aliphatic carbocycles. The average molecular weight is 522 g/mol.